The molecule has 0 spiro atoms. The summed E-state index contributed by atoms with van der Waals surface area (Å²) in [6.45, 7) is 8.48. The van der Waals surface area contributed by atoms with Crippen molar-refractivity contribution in [1.29, 1.82) is 0 Å². The Hall–Kier alpha value is -3.69. The fraction of sp³-hybridized carbons (Fsp3) is 0.370. The van der Waals surface area contributed by atoms with Gasteiger partial charge in [-0.05, 0) is 53.3 Å². The highest BCUT2D eigenvalue weighted by Gasteiger charge is 2.40. The molecule has 228 valence electrons. The molecule has 0 bridgehead atoms. The van der Waals surface area contributed by atoms with E-state index in [1.165, 1.54) is 37.7 Å². The van der Waals surface area contributed by atoms with Crippen LogP contribution in [0.4, 0.5) is 28.6 Å². The lowest BCUT2D eigenvalue weighted by Gasteiger charge is -2.25. The highest BCUT2D eigenvalue weighted by atomic mass is 32.2. The monoisotopic (exact) mass is 628 g/mol. The van der Waals surface area contributed by atoms with Crippen molar-refractivity contribution in [3.8, 4) is 5.75 Å². The Kier molecular flexibility index (Phi) is 10.2. The number of amides is 2. The summed E-state index contributed by atoms with van der Waals surface area (Å²) in [6, 6.07) is 5.59. The van der Waals surface area contributed by atoms with Crippen LogP contribution >= 0.6 is 11.3 Å². The van der Waals surface area contributed by atoms with E-state index >= 15 is 8.78 Å². The van der Waals surface area contributed by atoms with Gasteiger partial charge in [0.15, 0.2) is 10.7 Å². The van der Waals surface area contributed by atoms with Crippen molar-refractivity contribution in [3.05, 3.63) is 69.8 Å². The molecule has 0 unspecified atom stereocenters. The number of nitrogens with zero attached hydrogens (tertiary/aromatic N) is 3. The van der Waals surface area contributed by atoms with Crippen molar-refractivity contribution < 1.29 is 40.7 Å². The minimum absolute atomic E-state index is 0.0478. The Bertz CT molecular complexity index is 1520. The van der Waals surface area contributed by atoms with Crippen LogP contribution in [0.25, 0.3) is 0 Å². The van der Waals surface area contributed by atoms with E-state index in [0.717, 1.165) is 11.3 Å². The Labute approximate surface area is 246 Å². The number of anilines is 1. The Morgan fingerprint density at radius 1 is 1.10 bits per heavy atom. The maximum Gasteiger partial charge on any atom is 0.430 e. The predicted molar refractivity (Wildman–Crippen MR) is 150 cm³/mol. The number of rotatable bonds is 9. The third kappa shape index (κ3) is 7.98. The van der Waals surface area contributed by atoms with Crippen LogP contribution in [-0.4, -0.2) is 49.2 Å². The lowest BCUT2D eigenvalue weighted by Crippen LogP contribution is -2.41. The highest BCUT2D eigenvalue weighted by Crippen LogP contribution is 2.31. The average molecular weight is 629 g/mol. The topological polar surface area (TPSA) is 118 Å². The van der Waals surface area contributed by atoms with Gasteiger partial charge in [0.2, 0.25) is 0 Å². The highest BCUT2D eigenvalue weighted by molar-refractivity contribution is 7.93. The lowest BCUT2D eigenvalue weighted by atomic mass is 10.1. The molecule has 3 aromatic rings. The van der Waals surface area contributed by atoms with E-state index < -0.39 is 61.7 Å². The van der Waals surface area contributed by atoms with E-state index in [1.807, 2.05) is 25.8 Å². The lowest BCUT2D eigenvalue weighted by molar-refractivity contribution is 0.0608. The average Bonchev–Trinajstić information content (AvgIpc) is 3.35. The fourth-order valence-electron chi connectivity index (χ4n) is 3.56. The SMILES string of the molecule is CC(C)N(C)Cc1cccc(F)c1CNC(=O)Oc1cc(F)c(S(=O)(=O)N(C(=O)OC(C)(C)C)c2cscn2)c(F)c1. The summed E-state index contributed by atoms with van der Waals surface area (Å²) >= 11 is 0.938. The molecule has 0 saturated heterocycles. The molecule has 1 N–H and O–H groups in total. The van der Waals surface area contributed by atoms with Crippen LogP contribution in [0.3, 0.4) is 0 Å². The Morgan fingerprint density at radius 2 is 1.74 bits per heavy atom. The second kappa shape index (κ2) is 13.1. The minimum atomic E-state index is -5.22. The normalized spacial score (nSPS) is 12.0. The van der Waals surface area contributed by atoms with Gasteiger partial charge in [-0.25, -0.2) is 36.2 Å². The number of carbonyl (C=O) groups is 2. The second-order valence-electron chi connectivity index (χ2n) is 10.4. The van der Waals surface area contributed by atoms with E-state index in [4.69, 9.17) is 9.47 Å². The summed E-state index contributed by atoms with van der Waals surface area (Å²) in [5.41, 5.74) is 0.895. The number of carbonyl (C=O) groups excluding carboxylic acids is 2. The number of hydrogen-bond donors (Lipinski definition) is 1. The summed E-state index contributed by atoms with van der Waals surface area (Å²) in [5, 5.41) is 3.51. The molecule has 0 aliphatic heterocycles. The molecule has 2 aromatic carbocycles. The van der Waals surface area contributed by atoms with Crippen LogP contribution in [0.2, 0.25) is 0 Å². The molecule has 0 fully saturated rings. The number of sulfonamides is 1. The van der Waals surface area contributed by atoms with Gasteiger partial charge in [-0.1, -0.05) is 12.1 Å². The van der Waals surface area contributed by atoms with E-state index in [9.17, 15) is 22.4 Å². The molecule has 3 rings (SSSR count). The third-order valence-electron chi connectivity index (χ3n) is 5.79. The first-order valence-electron chi connectivity index (χ1n) is 12.6. The molecule has 1 aromatic heterocycles. The van der Waals surface area contributed by atoms with Crippen molar-refractivity contribution in [1.82, 2.24) is 15.2 Å². The molecule has 1 heterocycles. The van der Waals surface area contributed by atoms with Crippen LogP contribution in [0.1, 0.15) is 45.7 Å². The van der Waals surface area contributed by atoms with Crippen LogP contribution in [0.15, 0.2) is 46.1 Å². The molecule has 10 nitrogen and oxygen atoms in total. The van der Waals surface area contributed by atoms with E-state index in [1.54, 1.807) is 12.1 Å². The number of thiazole rings is 1. The zero-order valence-electron chi connectivity index (χ0n) is 23.8. The quantitative estimate of drug-likeness (QED) is 0.315. The van der Waals surface area contributed by atoms with Gasteiger partial charge in [0, 0.05) is 42.2 Å². The summed E-state index contributed by atoms with van der Waals surface area (Å²) in [4.78, 5) is 29.5. The summed E-state index contributed by atoms with van der Waals surface area (Å²) < 4.78 is 81.5. The molecular weight excluding hydrogens is 597 g/mol. The number of aromatic nitrogens is 1. The van der Waals surface area contributed by atoms with Crippen molar-refractivity contribution in [3.63, 3.8) is 0 Å². The summed E-state index contributed by atoms with van der Waals surface area (Å²) in [6.07, 6.45) is -2.60. The van der Waals surface area contributed by atoms with E-state index in [-0.39, 0.29) is 22.5 Å². The molecule has 0 aliphatic rings. The largest absolute Gasteiger partial charge is 0.443 e. The van der Waals surface area contributed by atoms with Crippen LogP contribution in [-0.2, 0) is 27.8 Å². The molecule has 0 saturated carbocycles. The van der Waals surface area contributed by atoms with Crippen LogP contribution in [0, 0.1) is 17.5 Å². The van der Waals surface area contributed by atoms with Gasteiger partial charge in [-0.15, -0.1) is 15.6 Å². The van der Waals surface area contributed by atoms with Crippen LogP contribution < -0.4 is 14.4 Å². The maximum atomic E-state index is 15.1. The number of ether oxygens (including phenoxy) is 2. The van der Waals surface area contributed by atoms with Crippen molar-refractivity contribution in [2.45, 2.75) is 64.2 Å². The summed E-state index contributed by atoms with van der Waals surface area (Å²) in [5.74, 6) is -4.96. The van der Waals surface area contributed by atoms with Gasteiger partial charge >= 0.3 is 12.2 Å². The standard InChI is InChI=1S/C27H31F3N4O6S2/c1-16(2)33(6)13-17-8-7-9-20(28)19(17)12-31-25(35)39-18-10-21(29)24(22(30)11-18)42(37,38)34(23-14-41-15-32-23)26(36)40-27(3,4)5/h7-11,14-16H,12-13H2,1-6H3,(H,31,35). The minimum Gasteiger partial charge on any atom is -0.443 e. The number of halogens is 3. The smallest absolute Gasteiger partial charge is 0.430 e. The first-order chi connectivity index (χ1) is 19.5. The molecule has 2 amide bonds. The van der Waals surface area contributed by atoms with Gasteiger partial charge in [0.05, 0.1) is 5.51 Å². The predicted octanol–water partition coefficient (Wildman–Crippen LogP) is 5.82. The second-order valence-corrected chi connectivity index (χ2v) is 12.9. The first kappa shape index (κ1) is 32.8. The fourth-order valence-corrected chi connectivity index (χ4v) is 5.52. The summed E-state index contributed by atoms with van der Waals surface area (Å²) in [7, 11) is -3.36. The number of benzene rings is 2. The van der Waals surface area contributed by atoms with Crippen molar-refractivity contribution in [2.75, 3.05) is 11.4 Å². The molecule has 42 heavy (non-hydrogen) atoms. The maximum absolute atomic E-state index is 15.1. The Balaban J connectivity index is 1.83. The van der Waals surface area contributed by atoms with Gasteiger partial charge < -0.3 is 14.8 Å². The third-order valence-corrected chi connectivity index (χ3v) is 8.09. The molecule has 0 radical (unpaired) electrons. The van der Waals surface area contributed by atoms with Gasteiger partial charge in [0.1, 0.15) is 28.8 Å². The molecule has 15 heteroatoms. The number of hydrogen-bond acceptors (Lipinski definition) is 9. The molecule has 0 aliphatic carbocycles. The van der Waals surface area contributed by atoms with Gasteiger partial charge in [0.25, 0.3) is 10.0 Å². The van der Waals surface area contributed by atoms with E-state index in [2.05, 4.69) is 10.3 Å². The molecule has 0 atom stereocenters. The Morgan fingerprint density at radius 3 is 2.29 bits per heavy atom. The zero-order valence-corrected chi connectivity index (χ0v) is 25.4. The van der Waals surface area contributed by atoms with Gasteiger partial charge in [-0.2, -0.15) is 0 Å². The van der Waals surface area contributed by atoms with Crippen molar-refractivity contribution >= 4 is 39.4 Å². The first-order valence-corrected chi connectivity index (χ1v) is 15.0. The number of nitrogens with one attached hydrogen (secondary N) is 1. The molecular formula is C27H31F3N4O6S2. The van der Waals surface area contributed by atoms with Gasteiger partial charge in [-0.3, -0.25) is 4.90 Å². The van der Waals surface area contributed by atoms with E-state index in [0.29, 0.717) is 24.2 Å². The van der Waals surface area contributed by atoms with Crippen molar-refractivity contribution in [2.24, 2.45) is 0 Å². The zero-order chi connectivity index (χ0) is 31.4. The van der Waals surface area contributed by atoms with Crippen LogP contribution in [0.5, 0.6) is 5.75 Å².